The van der Waals surface area contributed by atoms with Gasteiger partial charge in [0.25, 0.3) is 0 Å². The van der Waals surface area contributed by atoms with Gasteiger partial charge in [-0.25, -0.2) is 4.79 Å². The van der Waals surface area contributed by atoms with E-state index in [0.29, 0.717) is 11.1 Å². The minimum Gasteiger partial charge on any atom is -0.456 e. The van der Waals surface area contributed by atoms with Gasteiger partial charge in [-0.3, -0.25) is 0 Å². The number of hydrogen-bond donors (Lipinski definition) is 0. The summed E-state index contributed by atoms with van der Waals surface area (Å²) < 4.78 is 5.18. The average molecular weight is 281 g/mol. The molecule has 0 spiro atoms. The van der Waals surface area contributed by atoms with Crippen LogP contribution in [-0.2, 0) is 4.74 Å². The topological polar surface area (TPSA) is 50.1 Å². The molecule has 0 aliphatic rings. The highest BCUT2D eigenvalue weighted by molar-refractivity contribution is 5.89. The van der Waals surface area contributed by atoms with Gasteiger partial charge in [-0.05, 0) is 45.0 Å². The van der Waals surface area contributed by atoms with Crippen LogP contribution >= 0.6 is 0 Å². The number of rotatable bonds is 1. The fourth-order valence-electron chi connectivity index (χ4n) is 1.42. The normalized spacial score (nSPS) is 9.81. The Kier molecular flexibility index (Phi) is 6.16. The molecule has 3 nitrogen and oxygen atoms in total. The molecule has 0 bridgehead atoms. The Balaban J connectivity index is 0.000000235. The second-order valence-electron chi connectivity index (χ2n) is 5.35. The van der Waals surface area contributed by atoms with Crippen LogP contribution in [0.15, 0.2) is 60.7 Å². The molecule has 2 aromatic carbocycles. The van der Waals surface area contributed by atoms with Crippen molar-refractivity contribution in [1.29, 1.82) is 5.26 Å². The highest BCUT2D eigenvalue weighted by atomic mass is 16.6. The Hall–Kier alpha value is -2.60. The van der Waals surface area contributed by atoms with Crippen LogP contribution in [0.3, 0.4) is 0 Å². The van der Waals surface area contributed by atoms with Crippen LogP contribution in [0.4, 0.5) is 0 Å². The van der Waals surface area contributed by atoms with Gasteiger partial charge >= 0.3 is 5.97 Å². The number of esters is 1. The molecule has 0 amide bonds. The van der Waals surface area contributed by atoms with Crippen molar-refractivity contribution in [3.8, 4) is 6.07 Å². The van der Waals surface area contributed by atoms with E-state index in [-0.39, 0.29) is 5.97 Å². The first kappa shape index (κ1) is 16.5. The standard InChI is InChI=1S/C11H14O2.C7H5N/c1-11(2,3)13-10(12)9-7-5-4-6-8-9;8-6-7-4-2-1-3-5-7/h4-8H,1-3H3;1-5H. The lowest BCUT2D eigenvalue weighted by atomic mass is 10.2. The lowest BCUT2D eigenvalue weighted by Gasteiger charge is -2.19. The highest BCUT2D eigenvalue weighted by Crippen LogP contribution is 2.11. The van der Waals surface area contributed by atoms with Crippen LogP contribution in [0.25, 0.3) is 0 Å². The third kappa shape index (κ3) is 6.93. The van der Waals surface area contributed by atoms with Crippen molar-refractivity contribution in [2.24, 2.45) is 0 Å². The van der Waals surface area contributed by atoms with Crippen molar-refractivity contribution in [2.45, 2.75) is 26.4 Å². The van der Waals surface area contributed by atoms with Crippen molar-refractivity contribution < 1.29 is 9.53 Å². The zero-order valence-corrected chi connectivity index (χ0v) is 12.5. The van der Waals surface area contributed by atoms with Crippen molar-refractivity contribution in [2.75, 3.05) is 0 Å². The summed E-state index contributed by atoms with van der Waals surface area (Å²) in [7, 11) is 0. The van der Waals surface area contributed by atoms with Crippen LogP contribution in [0.1, 0.15) is 36.7 Å². The van der Waals surface area contributed by atoms with Gasteiger partial charge in [0.15, 0.2) is 0 Å². The predicted octanol–water partition coefficient (Wildman–Crippen LogP) is 4.20. The molecule has 0 saturated carbocycles. The molecule has 0 aromatic heterocycles. The molecule has 21 heavy (non-hydrogen) atoms. The van der Waals surface area contributed by atoms with E-state index in [1.165, 1.54) is 0 Å². The molecule has 0 fully saturated rings. The first-order chi connectivity index (χ1) is 9.92. The van der Waals surface area contributed by atoms with Gasteiger partial charge < -0.3 is 4.74 Å². The maximum Gasteiger partial charge on any atom is 0.338 e. The average Bonchev–Trinajstić information content (AvgIpc) is 2.48. The molecule has 0 radical (unpaired) electrons. The van der Waals surface area contributed by atoms with Crippen LogP contribution in [-0.4, -0.2) is 11.6 Å². The summed E-state index contributed by atoms with van der Waals surface area (Å²) in [6.45, 7) is 5.56. The summed E-state index contributed by atoms with van der Waals surface area (Å²) >= 11 is 0. The fourth-order valence-corrected chi connectivity index (χ4v) is 1.42. The van der Waals surface area contributed by atoms with Crippen molar-refractivity contribution in [1.82, 2.24) is 0 Å². The van der Waals surface area contributed by atoms with Gasteiger partial charge in [0.2, 0.25) is 0 Å². The molecule has 3 heteroatoms. The van der Waals surface area contributed by atoms with E-state index in [1.54, 1.807) is 24.3 Å². The van der Waals surface area contributed by atoms with Crippen LogP contribution in [0.2, 0.25) is 0 Å². The second kappa shape index (κ2) is 7.86. The van der Waals surface area contributed by atoms with E-state index in [2.05, 4.69) is 0 Å². The lowest BCUT2D eigenvalue weighted by molar-refractivity contribution is 0.00695. The predicted molar refractivity (Wildman–Crippen MR) is 82.8 cm³/mol. The third-order valence-electron chi connectivity index (χ3n) is 2.31. The van der Waals surface area contributed by atoms with Gasteiger partial charge in [0.05, 0.1) is 17.2 Å². The van der Waals surface area contributed by atoms with E-state index in [4.69, 9.17) is 10.00 Å². The van der Waals surface area contributed by atoms with Crippen molar-refractivity contribution >= 4 is 5.97 Å². The number of carbonyl (C=O) groups is 1. The summed E-state index contributed by atoms with van der Waals surface area (Å²) in [5.41, 5.74) is 0.886. The van der Waals surface area contributed by atoms with Gasteiger partial charge in [-0.2, -0.15) is 5.26 Å². The van der Waals surface area contributed by atoms with Gasteiger partial charge in [-0.1, -0.05) is 36.4 Å². The first-order valence-corrected chi connectivity index (χ1v) is 6.66. The monoisotopic (exact) mass is 281 g/mol. The quantitative estimate of drug-likeness (QED) is 0.736. The minimum absolute atomic E-state index is 0.270. The molecule has 2 aromatic rings. The molecule has 0 saturated heterocycles. The molecule has 0 N–H and O–H groups in total. The number of hydrogen-bond acceptors (Lipinski definition) is 3. The van der Waals surface area contributed by atoms with Crippen molar-refractivity contribution in [3.63, 3.8) is 0 Å². The van der Waals surface area contributed by atoms with E-state index < -0.39 is 5.60 Å². The van der Waals surface area contributed by atoms with E-state index >= 15 is 0 Å². The van der Waals surface area contributed by atoms with E-state index in [9.17, 15) is 4.79 Å². The Bertz CT molecular complexity index is 593. The van der Waals surface area contributed by atoms with Crippen LogP contribution in [0, 0.1) is 11.3 Å². The second-order valence-corrected chi connectivity index (χ2v) is 5.35. The third-order valence-corrected chi connectivity index (χ3v) is 2.31. The Morgan fingerprint density at radius 1 is 0.952 bits per heavy atom. The van der Waals surface area contributed by atoms with Crippen LogP contribution < -0.4 is 0 Å². The summed E-state index contributed by atoms with van der Waals surface area (Å²) in [6.07, 6.45) is 0. The molecule has 0 aliphatic heterocycles. The molecule has 0 heterocycles. The maximum atomic E-state index is 11.4. The SMILES string of the molecule is CC(C)(C)OC(=O)c1ccccc1.N#Cc1ccccc1. The number of nitriles is 1. The molecule has 0 aliphatic carbocycles. The molecule has 0 unspecified atom stereocenters. The number of ether oxygens (including phenoxy) is 1. The summed E-state index contributed by atoms with van der Waals surface area (Å²) in [4.78, 5) is 11.4. The number of benzene rings is 2. The van der Waals surface area contributed by atoms with Crippen LogP contribution in [0.5, 0.6) is 0 Å². The fraction of sp³-hybridized carbons (Fsp3) is 0.222. The largest absolute Gasteiger partial charge is 0.456 e. The van der Waals surface area contributed by atoms with E-state index in [1.807, 2.05) is 63.2 Å². The molecule has 2 rings (SSSR count). The minimum atomic E-state index is -0.424. The highest BCUT2D eigenvalue weighted by Gasteiger charge is 2.16. The van der Waals surface area contributed by atoms with E-state index in [0.717, 1.165) is 0 Å². The van der Waals surface area contributed by atoms with Gasteiger partial charge in [-0.15, -0.1) is 0 Å². The Labute approximate surface area is 125 Å². The number of nitrogens with zero attached hydrogens (tertiary/aromatic N) is 1. The zero-order chi connectivity index (χ0) is 15.7. The van der Waals surface area contributed by atoms with Gasteiger partial charge in [0.1, 0.15) is 5.60 Å². The molecule has 108 valence electrons. The maximum absolute atomic E-state index is 11.4. The molecular weight excluding hydrogens is 262 g/mol. The van der Waals surface area contributed by atoms with Crippen molar-refractivity contribution in [3.05, 3.63) is 71.8 Å². The zero-order valence-electron chi connectivity index (χ0n) is 12.5. The lowest BCUT2D eigenvalue weighted by Crippen LogP contribution is -2.23. The smallest absolute Gasteiger partial charge is 0.338 e. The number of carbonyl (C=O) groups excluding carboxylic acids is 1. The molecular formula is C18H19NO2. The summed E-state index contributed by atoms with van der Waals surface area (Å²) in [6, 6.07) is 20.2. The summed E-state index contributed by atoms with van der Waals surface area (Å²) in [5, 5.41) is 8.29. The molecule has 0 atom stereocenters. The first-order valence-electron chi connectivity index (χ1n) is 6.66. The Morgan fingerprint density at radius 2 is 1.43 bits per heavy atom. The Morgan fingerprint density at radius 3 is 1.81 bits per heavy atom. The van der Waals surface area contributed by atoms with Gasteiger partial charge in [0, 0.05) is 0 Å². The summed E-state index contributed by atoms with van der Waals surface area (Å²) in [5.74, 6) is -0.270.